The number of nitriles is 1. The maximum Gasteiger partial charge on any atom is 0.410 e. The second-order valence-electron chi connectivity index (χ2n) is 12.7. The van der Waals surface area contributed by atoms with E-state index in [2.05, 4.69) is 52.1 Å². The SMILES string of the molecule is C[C@@H]1CN(c2c(C#N)c(OC[C@@H]3CCCN3C)nc3c2CCN(Cc2ccccc2)C3)CCN1C(=O)OC(C)(C)C. The molecule has 9 heteroatoms. The quantitative estimate of drug-likeness (QED) is 0.513. The molecule has 9 nitrogen and oxygen atoms in total. The number of ether oxygens (including phenoxy) is 2. The lowest BCUT2D eigenvalue weighted by molar-refractivity contribution is 0.0159. The largest absolute Gasteiger partial charge is 0.475 e. The molecule has 0 aliphatic carbocycles. The van der Waals surface area contributed by atoms with Crippen LogP contribution in [0.3, 0.4) is 0 Å². The number of nitrogens with zero attached hydrogens (tertiary/aromatic N) is 6. The zero-order valence-electron chi connectivity index (χ0n) is 25.2. The van der Waals surface area contributed by atoms with Crippen LogP contribution in [0.5, 0.6) is 5.88 Å². The molecule has 0 spiro atoms. The number of benzene rings is 1. The van der Waals surface area contributed by atoms with Gasteiger partial charge in [0.05, 0.1) is 11.4 Å². The lowest BCUT2D eigenvalue weighted by atomic mass is 9.97. The van der Waals surface area contributed by atoms with Crippen molar-refractivity contribution in [2.45, 2.75) is 77.7 Å². The average Bonchev–Trinajstić information content (AvgIpc) is 3.34. The first-order valence-electron chi connectivity index (χ1n) is 14.9. The van der Waals surface area contributed by atoms with E-state index >= 15 is 0 Å². The van der Waals surface area contributed by atoms with Gasteiger partial charge in [0.25, 0.3) is 0 Å². The summed E-state index contributed by atoms with van der Waals surface area (Å²) >= 11 is 0. The van der Waals surface area contributed by atoms with Crippen LogP contribution in [0.1, 0.15) is 62.9 Å². The van der Waals surface area contributed by atoms with Crippen molar-refractivity contribution in [2.75, 3.05) is 51.3 Å². The zero-order chi connectivity index (χ0) is 29.1. The van der Waals surface area contributed by atoms with E-state index in [4.69, 9.17) is 14.5 Å². The molecular weight excluding hydrogens is 516 g/mol. The molecule has 2 aromatic rings. The molecule has 0 unspecified atom stereocenters. The molecule has 2 saturated heterocycles. The summed E-state index contributed by atoms with van der Waals surface area (Å²) in [7, 11) is 2.13. The van der Waals surface area contributed by atoms with Crippen LogP contribution in [0.25, 0.3) is 0 Å². The number of aromatic nitrogens is 1. The predicted octanol–water partition coefficient (Wildman–Crippen LogP) is 4.43. The van der Waals surface area contributed by atoms with Crippen LogP contribution in [-0.2, 0) is 24.2 Å². The number of likely N-dealkylation sites (N-methyl/N-ethyl adjacent to an activating group) is 1. The Kier molecular flexibility index (Phi) is 8.71. The van der Waals surface area contributed by atoms with Gasteiger partial charge in [0.15, 0.2) is 0 Å². The second kappa shape index (κ2) is 12.3. The minimum atomic E-state index is -0.544. The minimum Gasteiger partial charge on any atom is -0.475 e. The molecule has 5 rings (SSSR count). The average molecular weight is 561 g/mol. The first-order valence-corrected chi connectivity index (χ1v) is 14.9. The molecule has 1 amide bonds. The number of carbonyl (C=O) groups excluding carboxylic acids is 1. The van der Waals surface area contributed by atoms with Crippen molar-refractivity contribution >= 4 is 11.8 Å². The molecule has 4 heterocycles. The van der Waals surface area contributed by atoms with Gasteiger partial charge in [-0.1, -0.05) is 30.3 Å². The molecule has 3 aliphatic heterocycles. The Morgan fingerprint density at radius 2 is 1.93 bits per heavy atom. The first-order chi connectivity index (χ1) is 19.6. The summed E-state index contributed by atoms with van der Waals surface area (Å²) in [4.78, 5) is 26.7. The third-order valence-electron chi connectivity index (χ3n) is 8.39. The highest BCUT2D eigenvalue weighted by molar-refractivity contribution is 5.72. The van der Waals surface area contributed by atoms with E-state index in [-0.39, 0.29) is 12.1 Å². The van der Waals surface area contributed by atoms with Crippen LogP contribution >= 0.6 is 0 Å². The predicted molar refractivity (Wildman–Crippen MR) is 159 cm³/mol. The summed E-state index contributed by atoms with van der Waals surface area (Å²) < 4.78 is 12.0. The molecule has 2 fully saturated rings. The van der Waals surface area contributed by atoms with Crippen molar-refractivity contribution in [1.29, 1.82) is 5.26 Å². The number of fused-ring (bicyclic) bond motifs is 1. The van der Waals surface area contributed by atoms with Crippen LogP contribution < -0.4 is 9.64 Å². The Bertz CT molecular complexity index is 1270. The van der Waals surface area contributed by atoms with E-state index in [9.17, 15) is 10.1 Å². The molecule has 0 saturated carbocycles. The van der Waals surface area contributed by atoms with Crippen molar-refractivity contribution in [3.05, 3.63) is 52.7 Å². The van der Waals surface area contributed by atoms with Crippen LogP contribution in [0.2, 0.25) is 0 Å². The van der Waals surface area contributed by atoms with E-state index in [1.807, 2.05) is 33.8 Å². The van der Waals surface area contributed by atoms with Crippen molar-refractivity contribution in [1.82, 2.24) is 19.7 Å². The van der Waals surface area contributed by atoms with E-state index in [1.165, 1.54) is 5.56 Å². The number of hydrogen-bond donors (Lipinski definition) is 0. The Labute approximate surface area is 244 Å². The highest BCUT2D eigenvalue weighted by atomic mass is 16.6. The Hall–Kier alpha value is -3.35. The van der Waals surface area contributed by atoms with Gasteiger partial charge in [-0.3, -0.25) is 4.90 Å². The van der Waals surface area contributed by atoms with Crippen LogP contribution in [0.15, 0.2) is 30.3 Å². The molecule has 220 valence electrons. The van der Waals surface area contributed by atoms with Crippen molar-refractivity contribution in [3.63, 3.8) is 0 Å². The molecule has 0 bridgehead atoms. The third-order valence-corrected chi connectivity index (χ3v) is 8.39. The number of pyridine rings is 1. The van der Waals surface area contributed by atoms with Gasteiger partial charge in [0.2, 0.25) is 5.88 Å². The fourth-order valence-electron chi connectivity index (χ4n) is 6.24. The zero-order valence-corrected chi connectivity index (χ0v) is 25.2. The van der Waals surface area contributed by atoms with Gasteiger partial charge in [-0.15, -0.1) is 0 Å². The molecule has 0 N–H and O–H groups in total. The number of piperazine rings is 1. The number of amides is 1. The van der Waals surface area contributed by atoms with Gasteiger partial charge in [-0.25, -0.2) is 9.78 Å². The highest BCUT2D eigenvalue weighted by Gasteiger charge is 2.35. The van der Waals surface area contributed by atoms with Gasteiger partial charge in [0, 0.05) is 56.9 Å². The van der Waals surface area contributed by atoms with Gasteiger partial charge in [-0.2, -0.15) is 5.26 Å². The number of likely N-dealkylation sites (tertiary alicyclic amines) is 1. The Morgan fingerprint density at radius 1 is 1.15 bits per heavy atom. The van der Waals surface area contributed by atoms with E-state index < -0.39 is 5.60 Å². The summed E-state index contributed by atoms with van der Waals surface area (Å²) in [6, 6.07) is 13.2. The van der Waals surface area contributed by atoms with E-state index in [1.54, 1.807) is 4.90 Å². The number of carbonyl (C=O) groups is 1. The van der Waals surface area contributed by atoms with Crippen molar-refractivity contribution in [2.24, 2.45) is 0 Å². The molecule has 3 aliphatic rings. The topological polar surface area (TPSA) is 85.2 Å². The fraction of sp³-hybridized carbons (Fsp3) is 0.594. The smallest absolute Gasteiger partial charge is 0.410 e. The number of hydrogen-bond acceptors (Lipinski definition) is 8. The van der Waals surface area contributed by atoms with E-state index in [0.29, 0.717) is 50.3 Å². The number of anilines is 1. The summed E-state index contributed by atoms with van der Waals surface area (Å²) in [6.45, 7) is 13.5. The summed E-state index contributed by atoms with van der Waals surface area (Å²) in [6.07, 6.45) is 2.77. The monoisotopic (exact) mass is 560 g/mol. The third kappa shape index (κ3) is 6.77. The van der Waals surface area contributed by atoms with Gasteiger partial charge in [0.1, 0.15) is 23.8 Å². The molecule has 2 atom stereocenters. The summed E-state index contributed by atoms with van der Waals surface area (Å²) in [5.41, 5.74) is 4.29. The maximum atomic E-state index is 12.9. The highest BCUT2D eigenvalue weighted by Crippen LogP contribution is 2.38. The van der Waals surface area contributed by atoms with Gasteiger partial charge < -0.3 is 24.2 Å². The first kappa shape index (κ1) is 29.2. The van der Waals surface area contributed by atoms with Gasteiger partial charge in [-0.05, 0) is 66.1 Å². The minimum absolute atomic E-state index is 0.0661. The van der Waals surface area contributed by atoms with Crippen molar-refractivity contribution in [3.8, 4) is 11.9 Å². The van der Waals surface area contributed by atoms with E-state index in [0.717, 1.165) is 55.8 Å². The normalized spacial score (nSPS) is 21.9. The van der Waals surface area contributed by atoms with Crippen LogP contribution in [-0.4, -0.2) is 89.8 Å². The molecular formula is C32H44N6O3. The Morgan fingerprint density at radius 3 is 2.59 bits per heavy atom. The maximum absolute atomic E-state index is 12.9. The molecule has 1 aromatic heterocycles. The summed E-state index contributed by atoms with van der Waals surface area (Å²) in [5.74, 6) is 0.435. The molecule has 0 radical (unpaired) electrons. The fourth-order valence-corrected chi connectivity index (χ4v) is 6.24. The van der Waals surface area contributed by atoms with Crippen LogP contribution in [0.4, 0.5) is 10.5 Å². The second-order valence-corrected chi connectivity index (χ2v) is 12.7. The lowest BCUT2D eigenvalue weighted by Crippen LogP contribution is -2.55. The van der Waals surface area contributed by atoms with Crippen molar-refractivity contribution < 1.29 is 14.3 Å². The molecule has 1 aromatic carbocycles. The Balaban J connectivity index is 1.43. The molecule has 41 heavy (non-hydrogen) atoms. The van der Waals surface area contributed by atoms with Gasteiger partial charge >= 0.3 is 6.09 Å². The van der Waals surface area contributed by atoms with Crippen LogP contribution in [0, 0.1) is 11.3 Å². The number of rotatable bonds is 6. The lowest BCUT2D eigenvalue weighted by Gasteiger charge is -2.43. The standard InChI is InChI=1S/C32H44N6O3/c1-23-19-37(16-17-38(23)31(39)41-32(2,3)4)29-26-13-15-36(20-24-10-7-6-8-11-24)21-28(26)34-30(27(29)18-33)40-22-25-12-9-14-35(25)5/h6-8,10-11,23,25H,9,12-17,19-22H2,1-5H3/t23-,25+/m1/s1. The summed E-state index contributed by atoms with van der Waals surface area (Å²) in [5, 5.41) is 10.5.